The first-order valence-electron chi connectivity index (χ1n) is 12.5. The summed E-state index contributed by atoms with van der Waals surface area (Å²) in [4.78, 5) is 38.0. The van der Waals surface area contributed by atoms with Crippen molar-refractivity contribution in [1.82, 2.24) is 5.43 Å². The van der Waals surface area contributed by atoms with Gasteiger partial charge in [-0.2, -0.15) is 5.10 Å². The van der Waals surface area contributed by atoms with Gasteiger partial charge in [0.25, 0.3) is 5.91 Å². The van der Waals surface area contributed by atoms with Gasteiger partial charge in [0.1, 0.15) is 10.6 Å². The normalized spacial score (nSPS) is 11.2. The van der Waals surface area contributed by atoms with Crippen molar-refractivity contribution in [2.45, 2.75) is 0 Å². The van der Waals surface area contributed by atoms with Crippen LogP contribution in [0.15, 0.2) is 113 Å². The lowest BCUT2D eigenvalue weighted by Gasteiger charge is -2.07. The molecule has 0 aliphatic carbocycles. The number of carbonyl (C=O) groups excluding carboxylic acids is 3. The van der Waals surface area contributed by atoms with Gasteiger partial charge in [-0.05, 0) is 60.2 Å². The van der Waals surface area contributed by atoms with Crippen molar-refractivity contribution in [1.29, 1.82) is 0 Å². The summed E-state index contributed by atoms with van der Waals surface area (Å²) < 4.78 is 7.37. The van der Waals surface area contributed by atoms with Crippen LogP contribution in [0.4, 0.5) is 5.69 Å². The fraction of sp³-hybridized carbons (Fsp3) is 0. The van der Waals surface area contributed by atoms with E-state index in [4.69, 9.17) is 16.3 Å². The Balaban J connectivity index is 1.19. The smallest absolute Gasteiger partial charge is 0.355 e. The van der Waals surface area contributed by atoms with Crippen molar-refractivity contribution < 1.29 is 19.1 Å². The van der Waals surface area contributed by atoms with Crippen LogP contribution in [-0.2, 0) is 4.79 Å². The monoisotopic (exact) mass is 657 g/mol. The summed E-state index contributed by atoms with van der Waals surface area (Å²) in [5.41, 5.74) is 4.73. The van der Waals surface area contributed by atoms with Crippen molar-refractivity contribution in [3.63, 3.8) is 0 Å². The lowest BCUT2D eigenvalue weighted by atomic mass is 10.2. The van der Waals surface area contributed by atoms with E-state index in [0.717, 1.165) is 20.1 Å². The summed E-state index contributed by atoms with van der Waals surface area (Å²) in [6.07, 6.45) is 4.54. The number of esters is 1. The molecule has 0 radical (unpaired) electrons. The van der Waals surface area contributed by atoms with Crippen molar-refractivity contribution in [3.05, 3.63) is 134 Å². The molecule has 0 saturated heterocycles. The second kappa shape index (κ2) is 13.4. The summed E-state index contributed by atoms with van der Waals surface area (Å²) in [7, 11) is 0. The van der Waals surface area contributed by atoms with Crippen LogP contribution < -0.4 is 15.5 Å². The molecule has 0 bridgehead atoms. The van der Waals surface area contributed by atoms with Crippen LogP contribution in [0.3, 0.4) is 0 Å². The van der Waals surface area contributed by atoms with E-state index in [1.54, 1.807) is 54.6 Å². The van der Waals surface area contributed by atoms with Crippen LogP contribution in [0.25, 0.3) is 16.2 Å². The number of amides is 2. The van der Waals surface area contributed by atoms with Crippen LogP contribution in [0.5, 0.6) is 5.75 Å². The zero-order chi connectivity index (χ0) is 29.5. The number of halogens is 2. The number of para-hydroxylation sites is 1. The van der Waals surface area contributed by atoms with Gasteiger partial charge in [-0.1, -0.05) is 76.1 Å². The van der Waals surface area contributed by atoms with Crippen molar-refractivity contribution in [2.24, 2.45) is 5.10 Å². The van der Waals surface area contributed by atoms with Gasteiger partial charge in [-0.3, -0.25) is 9.59 Å². The van der Waals surface area contributed by atoms with Gasteiger partial charge >= 0.3 is 5.97 Å². The van der Waals surface area contributed by atoms with Gasteiger partial charge in [0.05, 0.1) is 11.2 Å². The minimum absolute atomic E-state index is 0.261. The molecule has 208 valence electrons. The van der Waals surface area contributed by atoms with Gasteiger partial charge in [0, 0.05) is 37.4 Å². The molecule has 7 nitrogen and oxygen atoms in total. The highest BCUT2D eigenvalue weighted by Crippen LogP contribution is 2.37. The van der Waals surface area contributed by atoms with Crippen molar-refractivity contribution in [3.8, 4) is 5.75 Å². The molecule has 0 aliphatic heterocycles. The lowest BCUT2D eigenvalue weighted by molar-refractivity contribution is -0.111. The molecule has 0 aliphatic rings. The molecule has 1 aromatic heterocycles. The third kappa shape index (κ3) is 7.19. The molecule has 0 saturated carbocycles. The van der Waals surface area contributed by atoms with E-state index in [1.807, 2.05) is 48.5 Å². The summed E-state index contributed by atoms with van der Waals surface area (Å²) in [5.74, 6) is -1.07. The van der Waals surface area contributed by atoms with Crippen LogP contribution in [0.1, 0.15) is 31.2 Å². The molecular formula is C32H21BrClN3O4S. The maximum absolute atomic E-state index is 13.0. The molecule has 0 atom stereocenters. The number of anilines is 1. The first kappa shape index (κ1) is 28.9. The lowest BCUT2D eigenvalue weighted by Crippen LogP contribution is -2.18. The Morgan fingerprint density at radius 1 is 0.905 bits per heavy atom. The molecular weight excluding hydrogens is 638 g/mol. The van der Waals surface area contributed by atoms with E-state index in [-0.39, 0.29) is 16.5 Å². The van der Waals surface area contributed by atoms with Gasteiger partial charge in [0.2, 0.25) is 5.91 Å². The number of hydrazone groups is 1. The third-order valence-corrected chi connectivity index (χ3v) is 8.04. The molecule has 10 heteroatoms. The quantitative estimate of drug-likeness (QED) is 0.0582. The predicted octanol–water partition coefficient (Wildman–Crippen LogP) is 7.95. The Morgan fingerprint density at radius 2 is 1.64 bits per heavy atom. The highest BCUT2D eigenvalue weighted by molar-refractivity contribution is 9.10. The fourth-order valence-electron chi connectivity index (χ4n) is 3.85. The first-order chi connectivity index (χ1) is 20.4. The van der Waals surface area contributed by atoms with Gasteiger partial charge in [-0.25, -0.2) is 10.2 Å². The van der Waals surface area contributed by atoms with Crippen molar-refractivity contribution in [2.75, 3.05) is 5.32 Å². The number of carbonyl (C=O) groups is 3. The maximum atomic E-state index is 13.0. The molecule has 42 heavy (non-hydrogen) atoms. The van der Waals surface area contributed by atoms with E-state index in [9.17, 15) is 14.4 Å². The number of ether oxygens (including phenoxy) is 1. The zero-order valence-electron chi connectivity index (χ0n) is 21.7. The van der Waals surface area contributed by atoms with Crippen LogP contribution in [-0.4, -0.2) is 24.0 Å². The van der Waals surface area contributed by atoms with E-state index in [0.29, 0.717) is 21.8 Å². The third-order valence-electron chi connectivity index (χ3n) is 5.91. The second-order valence-corrected chi connectivity index (χ2v) is 11.2. The molecule has 2 N–H and O–H groups in total. The number of benzene rings is 4. The molecule has 0 unspecified atom stereocenters. The summed E-state index contributed by atoms with van der Waals surface area (Å²) in [5, 5.41) is 7.87. The highest BCUT2D eigenvalue weighted by atomic mass is 79.9. The average molecular weight is 659 g/mol. The van der Waals surface area contributed by atoms with E-state index >= 15 is 0 Å². The number of hydrogen-bond acceptors (Lipinski definition) is 6. The summed E-state index contributed by atoms with van der Waals surface area (Å²) in [6.45, 7) is 0. The minimum Gasteiger partial charge on any atom is -0.422 e. The largest absolute Gasteiger partial charge is 0.422 e. The average Bonchev–Trinajstić information content (AvgIpc) is 3.33. The number of nitrogens with one attached hydrogen (secondary N) is 2. The summed E-state index contributed by atoms with van der Waals surface area (Å²) >= 11 is 11.1. The van der Waals surface area contributed by atoms with E-state index in [1.165, 1.54) is 23.6 Å². The Morgan fingerprint density at radius 3 is 2.43 bits per heavy atom. The molecule has 0 spiro atoms. The van der Waals surface area contributed by atoms with Crippen LogP contribution in [0.2, 0.25) is 5.02 Å². The second-order valence-electron chi connectivity index (χ2n) is 8.82. The SMILES string of the molecule is O=C(/C=C/c1ccccc1)Nc1ccc(C(=O)N/N=C\c2ccccc2OC(=O)c2sc3cc(Br)ccc3c2Cl)cc1. The van der Waals surface area contributed by atoms with Crippen molar-refractivity contribution >= 4 is 84.7 Å². The highest BCUT2D eigenvalue weighted by Gasteiger charge is 2.20. The molecule has 5 rings (SSSR count). The summed E-state index contributed by atoms with van der Waals surface area (Å²) in [6, 6.07) is 28.3. The Hall–Kier alpha value is -4.57. The van der Waals surface area contributed by atoms with E-state index in [2.05, 4.69) is 31.8 Å². The van der Waals surface area contributed by atoms with Gasteiger partial charge in [0.15, 0.2) is 0 Å². The fourth-order valence-corrected chi connectivity index (χ4v) is 5.78. The molecule has 0 fully saturated rings. The number of thiophene rings is 1. The zero-order valence-corrected chi connectivity index (χ0v) is 24.9. The Bertz CT molecular complexity index is 1840. The number of hydrogen-bond donors (Lipinski definition) is 2. The predicted molar refractivity (Wildman–Crippen MR) is 172 cm³/mol. The topological polar surface area (TPSA) is 96.9 Å². The maximum Gasteiger partial charge on any atom is 0.355 e. The molecule has 1 heterocycles. The molecule has 2 amide bonds. The Kier molecular flexibility index (Phi) is 9.23. The van der Waals surface area contributed by atoms with Gasteiger partial charge in [-0.15, -0.1) is 11.3 Å². The number of rotatable bonds is 8. The number of fused-ring (bicyclic) bond motifs is 1. The number of nitrogens with zero attached hydrogens (tertiary/aromatic N) is 1. The van der Waals surface area contributed by atoms with Crippen LogP contribution in [0, 0.1) is 0 Å². The first-order valence-corrected chi connectivity index (χ1v) is 14.5. The molecule has 4 aromatic carbocycles. The Labute approximate surface area is 258 Å². The molecule has 5 aromatic rings. The van der Waals surface area contributed by atoms with Gasteiger partial charge < -0.3 is 10.1 Å². The van der Waals surface area contributed by atoms with E-state index < -0.39 is 11.9 Å². The minimum atomic E-state index is -0.593. The standard InChI is InChI=1S/C32H21BrClN3O4S/c33-23-13-16-25-27(18-23)42-30(29(25)34)32(40)41-26-9-5-4-8-22(26)19-35-37-31(39)21-11-14-24(15-12-21)36-28(38)17-10-20-6-2-1-3-7-20/h1-19H,(H,36,38)(H,37,39)/b17-10+,35-19-. The van der Waals surface area contributed by atoms with Crippen LogP contribution >= 0.6 is 38.9 Å².